The quantitative estimate of drug-likeness (QED) is 0.899. The van der Waals surface area contributed by atoms with E-state index in [-0.39, 0.29) is 6.03 Å². The van der Waals surface area contributed by atoms with Gasteiger partial charge in [0.1, 0.15) is 5.82 Å². The van der Waals surface area contributed by atoms with Crippen molar-refractivity contribution < 1.29 is 4.79 Å². The lowest BCUT2D eigenvalue weighted by atomic mass is 10.1. The van der Waals surface area contributed by atoms with Crippen molar-refractivity contribution in [3.8, 4) is 0 Å². The Morgan fingerprint density at radius 3 is 3.04 bits per heavy atom. The van der Waals surface area contributed by atoms with Gasteiger partial charge in [0.05, 0.1) is 17.4 Å². The molecule has 0 aromatic carbocycles. The fourth-order valence-corrected chi connectivity index (χ4v) is 3.94. The van der Waals surface area contributed by atoms with Gasteiger partial charge in [-0.25, -0.2) is 9.78 Å². The van der Waals surface area contributed by atoms with E-state index in [4.69, 9.17) is 0 Å². The summed E-state index contributed by atoms with van der Waals surface area (Å²) in [4.78, 5) is 22.2. The van der Waals surface area contributed by atoms with Gasteiger partial charge in [-0.3, -0.25) is 10.00 Å². The lowest BCUT2D eigenvalue weighted by Crippen LogP contribution is -2.35. The van der Waals surface area contributed by atoms with Gasteiger partial charge in [-0.15, -0.1) is 11.3 Å². The number of aryl methyl sites for hydroxylation is 2. The molecule has 7 nitrogen and oxygen atoms in total. The average molecular weight is 348 g/mol. The van der Waals surface area contributed by atoms with Crippen LogP contribution in [-0.4, -0.2) is 57.3 Å². The van der Waals surface area contributed by atoms with Crippen molar-refractivity contribution in [2.75, 3.05) is 32.0 Å². The number of nitrogens with one attached hydrogen (secondary N) is 1. The second-order valence-corrected chi connectivity index (χ2v) is 7.37. The highest BCUT2D eigenvalue weighted by Crippen LogP contribution is 2.20. The predicted octanol–water partition coefficient (Wildman–Crippen LogP) is 2.17. The van der Waals surface area contributed by atoms with Gasteiger partial charge in [0, 0.05) is 44.2 Å². The third kappa shape index (κ3) is 3.93. The highest BCUT2D eigenvalue weighted by Gasteiger charge is 2.27. The average Bonchev–Trinajstić information content (AvgIpc) is 3.24. The number of carbonyl (C=O) groups is 1. The number of carbonyl (C=O) groups excluding carboxylic acids is 1. The number of anilines is 1. The number of rotatable bonds is 5. The van der Waals surface area contributed by atoms with Crippen molar-refractivity contribution in [1.82, 2.24) is 24.6 Å². The van der Waals surface area contributed by atoms with Crippen LogP contribution in [-0.2, 0) is 13.6 Å². The molecule has 0 radical (unpaired) electrons. The summed E-state index contributed by atoms with van der Waals surface area (Å²) in [7, 11) is 3.95. The van der Waals surface area contributed by atoms with Crippen LogP contribution in [0.1, 0.15) is 17.0 Å². The van der Waals surface area contributed by atoms with E-state index in [0.717, 1.165) is 44.1 Å². The second-order valence-electron chi connectivity index (χ2n) is 6.43. The van der Waals surface area contributed by atoms with Gasteiger partial charge < -0.3 is 9.80 Å². The molecular formula is C16H24N6OS. The minimum atomic E-state index is -0.0398. The molecule has 1 aliphatic rings. The van der Waals surface area contributed by atoms with Crippen molar-refractivity contribution in [3.05, 3.63) is 28.3 Å². The molecule has 3 rings (SSSR count). The van der Waals surface area contributed by atoms with Crippen molar-refractivity contribution in [1.29, 1.82) is 0 Å². The molecule has 0 spiro atoms. The van der Waals surface area contributed by atoms with Gasteiger partial charge in [0.15, 0.2) is 0 Å². The third-order valence-corrected chi connectivity index (χ3v) is 5.38. The molecule has 2 amide bonds. The number of amides is 2. The van der Waals surface area contributed by atoms with E-state index >= 15 is 0 Å². The number of aromatic nitrogens is 3. The van der Waals surface area contributed by atoms with Crippen LogP contribution in [0.15, 0.2) is 17.8 Å². The fraction of sp³-hybridized carbons (Fsp3) is 0.562. The molecular weight excluding hydrogens is 324 g/mol. The summed E-state index contributed by atoms with van der Waals surface area (Å²) in [5.74, 6) is 1.24. The fourth-order valence-electron chi connectivity index (χ4n) is 3.08. The third-order valence-electron chi connectivity index (χ3n) is 4.46. The monoisotopic (exact) mass is 348 g/mol. The molecule has 1 saturated heterocycles. The molecule has 1 atom stereocenters. The Morgan fingerprint density at radius 2 is 2.38 bits per heavy atom. The molecule has 1 N–H and O–H groups in total. The Hall–Kier alpha value is -1.93. The minimum Gasteiger partial charge on any atom is -0.324 e. The Morgan fingerprint density at radius 1 is 1.54 bits per heavy atom. The second kappa shape index (κ2) is 7.31. The maximum Gasteiger partial charge on any atom is 0.323 e. The van der Waals surface area contributed by atoms with Crippen molar-refractivity contribution in [2.45, 2.75) is 19.9 Å². The zero-order chi connectivity index (χ0) is 17.1. The van der Waals surface area contributed by atoms with Gasteiger partial charge in [-0.05, 0) is 26.3 Å². The van der Waals surface area contributed by atoms with E-state index in [1.807, 2.05) is 17.5 Å². The molecule has 0 bridgehead atoms. The number of hydrogen-bond acceptors (Lipinski definition) is 5. The van der Waals surface area contributed by atoms with E-state index < -0.39 is 0 Å². The Bertz CT molecular complexity index is 696. The smallest absolute Gasteiger partial charge is 0.323 e. The first kappa shape index (κ1) is 16.9. The molecule has 1 fully saturated rings. The highest BCUT2D eigenvalue weighted by molar-refractivity contribution is 7.09. The highest BCUT2D eigenvalue weighted by atomic mass is 32.1. The van der Waals surface area contributed by atoms with Crippen LogP contribution in [0.3, 0.4) is 0 Å². The molecule has 0 aliphatic carbocycles. The Kier molecular flexibility index (Phi) is 5.15. The van der Waals surface area contributed by atoms with E-state index in [1.54, 1.807) is 28.3 Å². The van der Waals surface area contributed by atoms with Gasteiger partial charge in [-0.2, -0.15) is 5.10 Å². The van der Waals surface area contributed by atoms with Crippen LogP contribution in [0.5, 0.6) is 0 Å². The lowest BCUT2D eigenvalue weighted by Gasteiger charge is -2.21. The van der Waals surface area contributed by atoms with E-state index in [1.165, 1.54) is 4.88 Å². The zero-order valence-electron chi connectivity index (χ0n) is 14.4. The number of urea groups is 1. The standard InChI is InChI=1S/C16H24N6OS/c1-12-14(24-11-17-12)10-20(2)8-13-5-7-22(9-13)16(23)19-15-4-6-18-21(15)3/h4,6,11,13H,5,7-10H2,1-3H3,(H,19,23)/t13-/m0/s1. The molecule has 2 aromatic rings. The summed E-state index contributed by atoms with van der Waals surface area (Å²) >= 11 is 1.71. The molecule has 2 aromatic heterocycles. The maximum atomic E-state index is 12.4. The number of hydrogen-bond donors (Lipinski definition) is 1. The molecule has 1 aliphatic heterocycles. The van der Waals surface area contributed by atoms with Gasteiger partial charge >= 0.3 is 6.03 Å². The van der Waals surface area contributed by atoms with E-state index in [2.05, 4.69) is 34.3 Å². The van der Waals surface area contributed by atoms with Gasteiger partial charge in [0.2, 0.25) is 0 Å². The lowest BCUT2D eigenvalue weighted by molar-refractivity contribution is 0.216. The number of thiazole rings is 1. The topological polar surface area (TPSA) is 66.3 Å². The Balaban J connectivity index is 1.47. The summed E-state index contributed by atoms with van der Waals surface area (Å²) in [5.41, 5.74) is 3.02. The molecule has 130 valence electrons. The molecule has 24 heavy (non-hydrogen) atoms. The Labute approximate surface area is 146 Å². The molecule has 8 heteroatoms. The van der Waals surface area contributed by atoms with Crippen LogP contribution in [0.2, 0.25) is 0 Å². The molecule has 0 unspecified atom stereocenters. The van der Waals surface area contributed by atoms with Crippen LogP contribution < -0.4 is 5.32 Å². The summed E-state index contributed by atoms with van der Waals surface area (Å²) in [5, 5.41) is 6.98. The predicted molar refractivity (Wildman–Crippen MR) is 95.1 cm³/mol. The van der Waals surface area contributed by atoms with Crippen LogP contribution in [0.25, 0.3) is 0 Å². The van der Waals surface area contributed by atoms with E-state index in [0.29, 0.717) is 5.92 Å². The summed E-state index contributed by atoms with van der Waals surface area (Å²) in [6, 6.07) is 1.76. The first-order valence-electron chi connectivity index (χ1n) is 8.14. The van der Waals surface area contributed by atoms with Gasteiger partial charge in [-0.1, -0.05) is 0 Å². The SMILES string of the molecule is Cc1ncsc1CN(C)C[C@@H]1CCN(C(=O)Nc2ccnn2C)C1. The summed E-state index contributed by atoms with van der Waals surface area (Å²) in [6.45, 7) is 5.58. The normalized spacial score (nSPS) is 17.7. The summed E-state index contributed by atoms with van der Waals surface area (Å²) < 4.78 is 1.66. The first-order chi connectivity index (χ1) is 11.5. The molecule has 3 heterocycles. The van der Waals surface area contributed by atoms with Crippen LogP contribution >= 0.6 is 11.3 Å². The van der Waals surface area contributed by atoms with Crippen molar-refractivity contribution in [3.63, 3.8) is 0 Å². The van der Waals surface area contributed by atoms with Crippen LogP contribution in [0, 0.1) is 12.8 Å². The first-order valence-corrected chi connectivity index (χ1v) is 9.02. The number of likely N-dealkylation sites (tertiary alicyclic amines) is 1. The number of nitrogens with zero attached hydrogens (tertiary/aromatic N) is 5. The zero-order valence-corrected chi connectivity index (χ0v) is 15.2. The summed E-state index contributed by atoms with van der Waals surface area (Å²) in [6.07, 6.45) is 2.73. The van der Waals surface area contributed by atoms with Crippen molar-refractivity contribution in [2.24, 2.45) is 13.0 Å². The largest absolute Gasteiger partial charge is 0.324 e. The van der Waals surface area contributed by atoms with Gasteiger partial charge in [0.25, 0.3) is 0 Å². The minimum absolute atomic E-state index is 0.0398. The van der Waals surface area contributed by atoms with Crippen molar-refractivity contribution >= 4 is 23.2 Å². The maximum absolute atomic E-state index is 12.4. The molecule has 0 saturated carbocycles. The van der Waals surface area contributed by atoms with Crippen LogP contribution in [0.4, 0.5) is 10.6 Å². The van der Waals surface area contributed by atoms with E-state index in [9.17, 15) is 4.79 Å².